The van der Waals surface area contributed by atoms with Crippen LogP contribution in [0.15, 0.2) is 41.2 Å². The third-order valence-corrected chi connectivity index (χ3v) is 4.74. The van der Waals surface area contributed by atoms with Gasteiger partial charge in [-0.1, -0.05) is 30.1 Å². The molecule has 1 fully saturated rings. The van der Waals surface area contributed by atoms with Gasteiger partial charge in [0.2, 0.25) is 11.8 Å². The number of rotatable bonds is 6. The second kappa shape index (κ2) is 7.69. The van der Waals surface area contributed by atoms with E-state index >= 15 is 0 Å². The van der Waals surface area contributed by atoms with Crippen LogP contribution in [0.3, 0.4) is 0 Å². The Balaban J connectivity index is 1.32. The van der Waals surface area contributed by atoms with Crippen molar-refractivity contribution in [3.8, 4) is 5.69 Å². The zero-order valence-corrected chi connectivity index (χ0v) is 14.8. The molecule has 1 saturated carbocycles. The van der Waals surface area contributed by atoms with Gasteiger partial charge in [0, 0.05) is 18.8 Å². The first kappa shape index (κ1) is 17.4. The Morgan fingerprint density at radius 1 is 1.30 bits per heavy atom. The number of nitrogens with zero attached hydrogens (tertiary/aromatic N) is 4. The maximum Gasteiger partial charge on any atom is 0.227 e. The number of nitrogens with one attached hydrogen (secondary N) is 1. The lowest BCUT2D eigenvalue weighted by molar-refractivity contribution is -0.116. The highest BCUT2D eigenvalue weighted by atomic mass is 19.1. The fourth-order valence-electron chi connectivity index (χ4n) is 3.32. The van der Waals surface area contributed by atoms with E-state index in [0.29, 0.717) is 29.6 Å². The summed E-state index contributed by atoms with van der Waals surface area (Å²) in [6.45, 7) is 0. The van der Waals surface area contributed by atoms with Gasteiger partial charge >= 0.3 is 0 Å². The third-order valence-electron chi connectivity index (χ3n) is 4.74. The minimum Gasteiger partial charge on any atom is -0.339 e. The fraction of sp³-hybridized carbons (Fsp3) is 0.368. The number of aryl methyl sites for hydroxylation is 1. The highest BCUT2D eigenvalue weighted by Crippen LogP contribution is 2.32. The largest absolute Gasteiger partial charge is 0.339 e. The summed E-state index contributed by atoms with van der Waals surface area (Å²) in [6, 6.07) is 6.31. The first-order valence-corrected chi connectivity index (χ1v) is 9.11. The molecular formula is C19H20FN5O2. The van der Waals surface area contributed by atoms with Gasteiger partial charge in [-0.25, -0.2) is 9.07 Å². The van der Waals surface area contributed by atoms with Crippen LogP contribution in [0.25, 0.3) is 5.69 Å². The van der Waals surface area contributed by atoms with Gasteiger partial charge in [-0.2, -0.15) is 10.1 Å². The molecule has 2 aromatic heterocycles. The zero-order chi connectivity index (χ0) is 18.6. The summed E-state index contributed by atoms with van der Waals surface area (Å²) in [6.07, 6.45) is 8.27. The van der Waals surface area contributed by atoms with Gasteiger partial charge in [0.25, 0.3) is 0 Å². The second-order valence-corrected chi connectivity index (χ2v) is 6.70. The molecule has 140 valence electrons. The maximum atomic E-state index is 13.8. The monoisotopic (exact) mass is 369 g/mol. The normalized spacial score (nSPS) is 14.6. The molecule has 0 radical (unpaired) electrons. The molecule has 7 nitrogen and oxygen atoms in total. The SMILES string of the molecule is O=C(CCc1nc(C2CCCC2)no1)Nc1cnn(-c2ccccc2F)c1. The number of hydrogen-bond donors (Lipinski definition) is 1. The highest BCUT2D eigenvalue weighted by molar-refractivity contribution is 5.90. The Bertz CT molecular complexity index is 930. The lowest BCUT2D eigenvalue weighted by Crippen LogP contribution is -2.12. The summed E-state index contributed by atoms with van der Waals surface area (Å²) >= 11 is 0. The molecule has 27 heavy (non-hydrogen) atoms. The maximum absolute atomic E-state index is 13.8. The van der Waals surface area contributed by atoms with E-state index in [1.807, 2.05) is 0 Å². The minimum absolute atomic E-state index is 0.191. The lowest BCUT2D eigenvalue weighted by Gasteiger charge is -2.02. The molecule has 1 aliphatic rings. The molecule has 1 aromatic carbocycles. The number of halogens is 1. The molecule has 1 aliphatic carbocycles. The van der Waals surface area contributed by atoms with E-state index in [9.17, 15) is 9.18 Å². The molecule has 0 spiro atoms. The number of carbonyl (C=O) groups is 1. The number of para-hydroxylation sites is 1. The molecule has 3 aromatic rings. The molecule has 1 amide bonds. The summed E-state index contributed by atoms with van der Waals surface area (Å²) in [5.74, 6) is 1.06. The fourth-order valence-corrected chi connectivity index (χ4v) is 3.32. The zero-order valence-electron chi connectivity index (χ0n) is 14.8. The molecule has 0 saturated heterocycles. The van der Waals surface area contributed by atoms with Crippen molar-refractivity contribution < 1.29 is 13.7 Å². The Morgan fingerprint density at radius 2 is 2.11 bits per heavy atom. The molecule has 4 rings (SSSR count). The summed E-state index contributed by atoms with van der Waals surface area (Å²) in [5, 5.41) is 10.9. The van der Waals surface area contributed by atoms with Gasteiger partial charge in [0.05, 0.1) is 18.1 Å². The standard InChI is InChI=1S/C19H20FN5O2/c20-15-7-3-4-8-16(15)25-12-14(11-21-25)22-17(26)9-10-18-23-19(24-27-18)13-5-1-2-6-13/h3-4,7-8,11-13H,1-2,5-6,9-10H2,(H,22,26). The third kappa shape index (κ3) is 4.05. The van der Waals surface area contributed by atoms with Gasteiger partial charge in [-0.3, -0.25) is 4.79 Å². The van der Waals surface area contributed by atoms with Crippen LogP contribution in [0.5, 0.6) is 0 Å². The average molecular weight is 369 g/mol. The van der Waals surface area contributed by atoms with Crippen molar-refractivity contribution >= 4 is 11.6 Å². The molecule has 8 heteroatoms. The quantitative estimate of drug-likeness (QED) is 0.717. The number of amides is 1. The predicted molar refractivity (Wildman–Crippen MR) is 96.0 cm³/mol. The van der Waals surface area contributed by atoms with Crippen molar-refractivity contribution in [2.45, 2.75) is 44.4 Å². The summed E-state index contributed by atoms with van der Waals surface area (Å²) in [4.78, 5) is 16.6. The first-order chi connectivity index (χ1) is 13.2. The van der Waals surface area contributed by atoms with Crippen LogP contribution in [0.2, 0.25) is 0 Å². The highest BCUT2D eigenvalue weighted by Gasteiger charge is 2.22. The molecule has 0 atom stereocenters. The van der Waals surface area contributed by atoms with Gasteiger partial charge in [-0.05, 0) is 25.0 Å². The van der Waals surface area contributed by atoms with E-state index in [1.165, 1.54) is 29.8 Å². The lowest BCUT2D eigenvalue weighted by atomic mass is 10.1. The Hall–Kier alpha value is -3.03. The Labute approximate surface area is 155 Å². The molecular weight excluding hydrogens is 349 g/mol. The summed E-state index contributed by atoms with van der Waals surface area (Å²) < 4.78 is 20.4. The minimum atomic E-state index is -0.382. The molecule has 0 bridgehead atoms. The predicted octanol–water partition coefficient (Wildman–Crippen LogP) is 3.62. The van der Waals surface area contributed by atoms with Crippen LogP contribution in [0.1, 0.15) is 49.7 Å². The van der Waals surface area contributed by atoms with Crippen LogP contribution >= 0.6 is 0 Å². The van der Waals surface area contributed by atoms with Crippen molar-refractivity contribution in [3.63, 3.8) is 0 Å². The topological polar surface area (TPSA) is 85.8 Å². The van der Waals surface area contributed by atoms with Crippen molar-refractivity contribution in [3.05, 3.63) is 54.2 Å². The first-order valence-electron chi connectivity index (χ1n) is 9.11. The number of anilines is 1. The van der Waals surface area contributed by atoms with Gasteiger partial charge in [-0.15, -0.1) is 0 Å². The number of aromatic nitrogens is 4. The van der Waals surface area contributed by atoms with Gasteiger partial charge in [0.15, 0.2) is 5.82 Å². The van der Waals surface area contributed by atoms with Crippen LogP contribution in [0, 0.1) is 5.82 Å². The van der Waals surface area contributed by atoms with E-state index in [4.69, 9.17) is 4.52 Å². The smallest absolute Gasteiger partial charge is 0.227 e. The molecule has 2 heterocycles. The second-order valence-electron chi connectivity index (χ2n) is 6.70. The summed E-state index contributed by atoms with van der Waals surface area (Å²) in [5.41, 5.74) is 0.823. The van der Waals surface area contributed by atoms with Crippen LogP contribution < -0.4 is 5.32 Å². The number of carbonyl (C=O) groups excluding carboxylic acids is 1. The number of hydrogen-bond acceptors (Lipinski definition) is 5. The van der Waals surface area contributed by atoms with Crippen molar-refractivity contribution in [1.29, 1.82) is 0 Å². The van der Waals surface area contributed by atoms with E-state index < -0.39 is 0 Å². The van der Waals surface area contributed by atoms with E-state index in [-0.39, 0.29) is 18.1 Å². The summed E-state index contributed by atoms with van der Waals surface area (Å²) in [7, 11) is 0. The Kier molecular flexibility index (Phi) is 4.95. The van der Waals surface area contributed by atoms with Crippen LogP contribution in [-0.2, 0) is 11.2 Å². The van der Waals surface area contributed by atoms with E-state index in [2.05, 4.69) is 20.6 Å². The molecule has 0 aliphatic heterocycles. The molecule has 0 unspecified atom stereocenters. The Morgan fingerprint density at radius 3 is 2.93 bits per heavy atom. The van der Waals surface area contributed by atoms with Gasteiger partial charge < -0.3 is 9.84 Å². The van der Waals surface area contributed by atoms with Crippen LogP contribution in [0.4, 0.5) is 10.1 Å². The van der Waals surface area contributed by atoms with E-state index in [1.54, 1.807) is 24.4 Å². The van der Waals surface area contributed by atoms with Crippen molar-refractivity contribution in [2.24, 2.45) is 0 Å². The van der Waals surface area contributed by atoms with Crippen molar-refractivity contribution in [1.82, 2.24) is 19.9 Å². The molecule has 1 N–H and O–H groups in total. The van der Waals surface area contributed by atoms with Gasteiger partial charge in [0.1, 0.15) is 11.5 Å². The van der Waals surface area contributed by atoms with E-state index in [0.717, 1.165) is 18.7 Å². The number of benzene rings is 1. The van der Waals surface area contributed by atoms with Crippen LogP contribution in [-0.4, -0.2) is 25.8 Å². The average Bonchev–Trinajstić information content (AvgIpc) is 3.41. The van der Waals surface area contributed by atoms with Crippen molar-refractivity contribution in [2.75, 3.05) is 5.32 Å².